The minimum atomic E-state index is -0.888. The van der Waals surface area contributed by atoms with Crippen LogP contribution in [0.3, 0.4) is 0 Å². The molecule has 0 aliphatic heterocycles. The zero-order chi connectivity index (χ0) is 16.7. The molecule has 0 fully saturated rings. The van der Waals surface area contributed by atoms with E-state index < -0.39 is 11.9 Å². The molecule has 2 aromatic carbocycles. The van der Waals surface area contributed by atoms with E-state index >= 15 is 0 Å². The first-order chi connectivity index (χ1) is 11.1. The molecule has 5 heteroatoms. The molecule has 120 valence electrons. The van der Waals surface area contributed by atoms with Crippen molar-refractivity contribution in [1.29, 1.82) is 0 Å². The predicted molar refractivity (Wildman–Crippen MR) is 91.6 cm³/mol. The van der Waals surface area contributed by atoms with Crippen molar-refractivity contribution in [2.24, 2.45) is 0 Å². The van der Waals surface area contributed by atoms with Crippen LogP contribution in [0.15, 0.2) is 54.6 Å². The van der Waals surface area contributed by atoms with Gasteiger partial charge in [0.25, 0.3) is 0 Å². The van der Waals surface area contributed by atoms with Crippen molar-refractivity contribution in [3.63, 3.8) is 0 Å². The summed E-state index contributed by atoms with van der Waals surface area (Å²) in [5.41, 5.74) is 2.94. The van der Waals surface area contributed by atoms with Crippen molar-refractivity contribution in [2.45, 2.75) is 18.1 Å². The zero-order valence-electron chi connectivity index (χ0n) is 12.5. The fraction of sp³-hybridized carbons (Fsp3) is 0.222. The third kappa shape index (κ3) is 5.14. The molecule has 0 amide bonds. The Kier molecular flexibility index (Phi) is 6.23. The molecule has 0 spiro atoms. The van der Waals surface area contributed by atoms with Crippen LogP contribution in [-0.2, 0) is 9.59 Å². The van der Waals surface area contributed by atoms with Gasteiger partial charge in [0, 0.05) is 11.0 Å². The van der Waals surface area contributed by atoms with E-state index in [2.05, 4.69) is 0 Å². The Balaban J connectivity index is 2.30. The highest BCUT2D eigenvalue weighted by Gasteiger charge is 2.20. The van der Waals surface area contributed by atoms with Crippen LogP contribution in [0.25, 0.3) is 11.1 Å². The molecule has 0 bridgehead atoms. The monoisotopic (exact) mass is 330 g/mol. The van der Waals surface area contributed by atoms with E-state index in [0.29, 0.717) is 5.75 Å². The van der Waals surface area contributed by atoms with Crippen LogP contribution in [0.2, 0.25) is 0 Å². The third-order valence-corrected chi connectivity index (χ3v) is 4.65. The molecule has 23 heavy (non-hydrogen) atoms. The van der Waals surface area contributed by atoms with Gasteiger partial charge in [0.1, 0.15) is 0 Å². The van der Waals surface area contributed by atoms with E-state index in [1.807, 2.05) is 54.6 Å². The average Bonchev–Trinajstić information content (AvgIpc) is 2.54. The predicted octanol–water partition coefficient (Wildman–Crippen LogP) is 4.08. The summed E-state index contributed by atoms with van der Waals surface area (Å²) >= 11 is 1.38. The van der Waals surface area contributed by atoms with Crippen LogP contribution in [-0.4, -0.2) is 27.9 Å². The third-order valence-electron chi connectivity index (χ3n) is 3.39. The largest absolute Gasteiger partial charge is 0.481 e. The van der Waals surface area contributed by atoms with Crippen LogP contribution in [0.5, 0.6) is 0 Å². The van der Waals surface area contributed by atoms with Gasteiger partial charge < -0.3 is 10.2 Å². The van der Waals surface area contributed by atoms with Crippen molar-refractivity contribution in [1.82, 2.24) is 0 Å². The van der Waals surface area contributed by atoms with Crippen molar-refractivity contribution >= 4 is 23.7 Å². The summed E-state index contributed by atoms with van der Waals surface area (Å²) < 4.78 is 0. The van der Waals surface area contributed by atoms with Crippen LogP contribution in [0.4, 0.5) is 0 Å². The number of carboxylic acid groups (broad SMARTS) is 2. The minimum absolute atomic E-state index is 0.0221. The number of carboxylic acids is 2. The number of aliphatic carboxylic acids is 2. The number of hydrogen-bond donors (Lipinski definition) is 2. The molecule has 0 aromatic heterocycles. The Morgan fingerprint density at radius 1 is 0.913 bits per heavy atom. The molecule has 0 heterocycles. The topological polar surface area (TPSA) is 74.6 Å². The van der Waals surface area contributed by atoms with Gasteiger partial charge in [-0.1, -0.05) is 54.6 Å². The minimum Gasteiger partial charge on any atom is -0.481 e. The summed E-state index contributed by atoms with van der Waals surface area (Å²) in [6.45, 7) is 0. The van der Waals surface area contributed by atoms with Crippen molar-refractivity contribution < 1.29 is 19.8 Å². The Labute approximate surface area is 139 Å². The quantitative estimate of drug-likeness (QED) is 0.763. The second-order valence-electron chi connectivity index (χ2n) is 5.05. The van der Waals surface area contributed by atoms with Crippen LogP contribution >= 0.6 is 11.8 Å². The second-order valence-corrected chi connectivity index (χ2v) is 6.36. The van der Waals surface area contributed by atoms with Gasteiger partial charge >= 0.3 is 11.9 Å². The molecule has 2 aromatic rings. The van der Waals surface area contributed by atoms with Gasteiger partial charge in [0.05, 0.1) is 12.8 Å². The Hall–Kier alpha value is -2.27. The Bertz CT molecular complexity index is 670. The molecule has 2 N–H and O–H groups in total. The molecular weight excluding hydrogens is 312 g/mol. The average molecular weight is 330 g/mol. The SMILES string of the molecule is O=C(O)CCSC(CC(=O)O)c1ccccc1-c1ccccc1. The smallest absolute Gasteiger partial charge is 0.304 e. The van der Waals surface area contributed by atoms with Crippen LogP contribution in [0.1, 0.15) is 23.7 Å². The number of rotatable bonds is 8. The van der Waals surface area contributed by atoms with E-state index in [4.69, 9.17) is 5.11 Å². The Morgan fingerprint density at radius 3 is 2.22 bits per heavy atom. The highest BCUT2D eigenvalue weighted by molar-refractivity contribution is 7.99. The van der Waals surface area contributed by atoms with Crippen molar-refractivity contribution in [3.05, 3.63) is 60.2 Å². The summed E-state index contributed by atoms with van der Waals surface area (Å²) in [6, 6.07) is 17.5. The highest BCUT2D eigenvalue weighted by atomic mass is 32.2. The molecule has 0 aliphatic rings. The maximum Gasteiger partial charge on any atom is 0.304 e. The van der Waals surface area contributed by atoms with Crippen LogP contribution < -0.4 is 0 Å². The number of benzene rings is 2. The zero-order valence-corrected chi connectivity index (χ0v) is 13.3. The molecular formula is C18H18O4S. The maximum absolute atomic E-state index is 11.2. The summed E-state index contributed by atoms with van der Waals surface area (Å²) in [6.07, 6.45) is -0.0115. The van der Waals surface area contributed by atoms with Crippen LogP contribution in [0, 0.1) is 0 Å². The number of carbonyl (C=O) groups is 2. The summed E-state index contributed by atoms with van der Waals surface area (Å²) in [4.78, 5) is 21.9. The van der Waals surface area contributed by atoms with Crippen molar-refractivity contribution in [2.75, 3.05) is 5.75 Å². The lowest BCUT2D eigenvalue weighted by Crippen LogP contribution is -2.07. The molecule has 0 aliphatic carbocycles. The summed E-state index contributed by atoms with van der Waals surface area (Å²) in [5.74, 6) is -1.38. The van der Waals surface area contributed by atoms with E-state index in [1.165, 1.54) is 11.8 Å². The number of thioether (sulfide) groups is 1. The van der Waals surface area contributed by atoms with E-state index in [9.17, 15) is 14.7 Å². The first-order valence-electron chi connectivity index (χ1n) is 7.27. The van der Waals surface area contributed by atoms with Gasteiger partial charge in [-0.15, -0.1) is 0 Å². The number of hydrogen-bond acceptors (Lipinski definition) is 3. The standard InChI is InChI=1S/C18H18O4S/c19-17(20)10-11-23-16(12-18(21)22)15-9-5-4-8-14(15)13-6-2-1-3-7-13/h1-9,16H,10-12H2,(H,19,20)(H,21,22). The van der Waals surface area contributed by atoms with Crippen molar-refractivity contribution in [3.8, 4) is 11.1 Å². The highest BCUT2D eigenvalue weighted by Crippen LogP contribution is 2.38. The van der Waals surface area contributed by atoms with Gasteiger partial charge in [-0.25, -0.2) is 0 Å². The van der Waals surface area contributed by atoms with E-state index in [0.717, 1.165) is 16.7 Å². The summed E-state index contributed by atoms with van der Waals surface area (Å²) in [5, 5.41) is 17.7. The lowest BCUT2D eigenvalue weighted by molar-refractivity contribution is -0.137. The molecule has 0 saturated carbocycles. The molecule has 1 unspecified atom stereocenters. The Morgan fingerprint density at radius 2 is 1.57 bits per heavy atom. The molecule has 0 radical (unpaired) electrons. The fourth-order valence-electron chi connectivity index (χ4n) is 2.36. The van der Waals surface area contributed by atoms with E-state index in [1.54, 1.807) is 0 Å². The molecule has 1 atom stereocenters. The first-order valence-corrected chi connectivity index (χ1v) is 8.32. The van der Waals surface area contributed by atoms with Gasteiger partial charge in [0.2, 0.25) is 0 Å². The van der Waals surface area contributed by atoms with Gasteiger partial charge in [0.15, 0.2) is 0 Å². The second kappa shape index (κ2) is 8.39. The van der Waals surface area contributed by atoms with Gasteiger partial charge in [-0.3, -0.25) is 9.59 Å². The summed E-state index contributed by atoms with van der Waals surface area (Å²) in [7, 11) is 0. The normalized spacial score (nSPS) is 11.8. The lowest BCUT2D eigenvalue weighted by atomic mass is 9.96. The first kappa shape index (κ1) is 17.1. The maximum atomic E-state index is 11.2. The van der Waals surface area contributed by atoms with E-state index in [-0.39, 0.29) is 18.1 Å². The molecule has 0 saturated heterocycles. The molecule has 2 rings (SSSR count). The molecule has 4 nitrogen and oxygen atoms in total. The lowest BCUT2D eigenvalue weighted by Gasteiger charge is -2.19. The van der Waals surface area contributed by atoms with Gasteiger partial charge in [-0.05, 0) is 16.7 Å². The van der Waals surface area contributed by atoms with Gasteiger partial charge in [-0.2, -0.15) is 11.8 Å². The fourth-order valence-corrected chi connectivity index (χ4v) is 3.59.